The summed E-state index contributed by atoms with van der Waals surface area (Å²) in [4.78, 5) is 27.0. The number of nitrogens with zero attached hydrogens (tertiary/aromatic N) is 2. The summed E-state index contributed by atoms with van der Waals surface area (Å²) in [5.74, 6) is -1.69. The lowest BCUT2D eigenvalue weighted by molar-refractivity contribution is -0.132. The monoisotopic (exact) mass is 371 g/mol. The van der Waals surface area contributed by atoms with Gasteiger partial charge in [-0.2, -0.15) is 5.26 Å². The van der Waals surface area contributed by atoms with Crippen LogP contribution in [0.1, 0.15) is 4.88 Å². The Labute approximate surface area is 151 Å². The summed E-state index contributed by atoms with van der Waals surface area (Å²) in [5, 5.41) is 27.9. The molecule has 9 nitrogen and oxygen atoms in total. The number of hydrogen-bond acceptors (Lipinski definition) is 8. The van der Waals surface area contributed by atoms with Gasteiger partial charge in [-0.3, -0.25) is 15.5 Å². The lowest BCUT2D eigenvalue weighted by atomic mass is 10.1. The molecule has 0 fully saturated rings. The van der Waals surface area contributed by atoms with E-state index in [4.69, 9.17) is 21.0 Å². The van der Waals surface area contributed by atoms with Crippen molar-refractivity contribution in [3.8, 4) is 23.1 Å². The molecular weight excluding hydrogens is 358 g/mol. The molecule has 0 aliphatic heterocycles. The highest BCUT2D eigenvalue weighted by atomic mass is 32.1. The topological polar surface area (TPSA) is 162 Å². The molecule has 0 bridgehead atoms. The number of hydrogen-bond donors (Lipinski definition) is 4. The van der Waals surface area contributed by atoms with Crippen molar-refractivity contribution in [1.82, 2.24) is 4.98 Å². The van der Waals surface area contributed by atoms with Crippen molar-refractivity contribution < 1.29 is 19.4 Å². The zero-order valence-electron chi connectivity index (χ0n) is 13.4. The number of carboxylic acids is 1. The molecule has 0 atom stereocenters. The Morgan fingerprint density at radius 2 is 2.08 bits per heavy atom. The molecule has 2 aromatic rings. The fourth-order valence-corrected chi connectivity index (χ4v) is 2.62. The first kappa shape index (κ1) is 18.6. The highest BCUT2D eigenvalue weighted by molar-refractivity contribution is 7.16. The number of carbonyl (C=O) groups excluding carboxylic acids is 1. The molecule has 1 amide bonds. The summed E-state index contributed by atoms with van der Waals surface area (Å²) in [6, 6.07) is 8.87. The van der Waals surface area contributed by atoms with Gasteiger partial charge in [-0.05, 0) is 30.3 Å². The molecule has 26 heavy (non-hydrogen) atoms. The second-order valence-electron chi connectivity index (χ2n) is 4.81. The molecular formula is C16H13N5O4S. The number of benzene rings is 1. The summed E-state index contributed by atoms with van der Waals surface area (Å²) >= 11 is 0.935. The SMILES string of the molecule is COc1ccc(-c2nc(NC(=O)C(=N)/C=C(\N)C(=O)O)sc2C#N)cc1. The van der Waals surface area contributed by atoms with E-state index in [0.717, 1.165) is 17.4 Å². The maximum Gasteiger partial charge on any atom is 0.351 e. The van der Waals surface area contributed by atoms with Crippen LogP contribution in [0.15, 0.2) is 36.0 Å². The van der Waals surface area contributed by atoms with E-state index in [9.17, 15) is 14.9 Å². The Balaban J connectivity index is 2.24. The fourth-order valence-electron chi connectivity index (χ4n) is 1.84. The molecule has 5 N–H and O–H groups in total. The molecule has 1 aromatic carbocycles. The summed E-state index contributed by atoms with van der Waals surface area (Å²) in [5.41, 5.74) is 4.92. The largest absolute Gasteiger partial charge is 0.497 e. The number of thiazole rings is 1. The van der Waals surface area contributed by atoms with Crippen LogP contribution in [0, 0.1) is 16.7 Å². The number of aliphatic carboxylic acids is 1. The molecule has 10 heteroatoms. The zero-order chi connectivity index (χ0) is 19.3. The second-order valence-corrected chi connectivity index (χ2v) is 5.81. The molecule has 1 heterocycles. The minimum atomic E-state index is -1.44. The average molecular weight is 371 g/mol. The van der Waals surface area contributed by atoms with Gasteiger partial charge in [-0.1, -0.05) is 11.3 Å². The van der Waals surface area contributed by atoms with Gasteiger partial charge < -0.3 is 15.6 Å². The number of methoxy groups -OCH3 is 1. The predicted octanol–water partition coefficient (Wildman–Crippen LogP) is 1.58. The molecule has 0 aliphatic carbocycles. The zero-order valence-corrected chi connectivity index (χ0v) is 14.3. The van der Waals surface area contributed by atoms with Gasteiger partial charge in [0.05, 0.1) is 7.11 Å². The number of amides is 1. The number of rotatable bonds is 6. The number of nitrogens with one attached hydrogen (secondary N) is 2. The molecule has 0 aliphatic rings. The minimum absolute atomic E-state index is 0.101. The summed E-state index contributed by atoms with van der Waals surface area (Å²) in [6.45, 7) is 0. The van der Waals surface area contributed by atoms with Gasteiger partial charge >= 0.3 is 5.97 Å². The van der Waals surface area contributed by atoms with E-state index in [1.807, 2.05) is 6.07 Å². The van der Waals surface area contributed by atoms with Crippen LogP contribution in [0.5, 0.6) is 5.75 Å². The first-order valence-corrected chi connectivity index (χ1v) is 7.83. The Morgan fingerprint density at radius 3 is 2.62 bits per heavy atom. The number of carboxylic acid groups (broad SMARTS) is 1. The molecule has 0 unspecified atom stereocenters. The first-order chi connectivity index (χ1) is 12.3. The number of anilines is 1. The highest BCUT2D eigenvalue weighted by Gasteiger charge is 2.17. The van der Waals surface area contributed by atoms with Crippen LogP contribution in [-0.4, -0.2) is 34.8 Å². The van der Waals surface area contributed by atoms with Crippen molar-refractivity contribution in [1.29, 1.82) is 10.7 Å². The van der Waals surface area contributed by atoms with E-state index in [2.05, 4.69) is 10.3 Å². The maximum atomic E-state index is 11.9. The Morgan fingerprint density at radius 1 is 1.42 bits per heavy atom. The molecule has 132 valence electrons. The van der Waals surface area contributed by atoms with Crippen LogP contribution in [0.3, 0.4) is 0 Å². The second kappa shape index (κ2) is 7.91. The maximum absolute atomic E-state index is 11.9. The van der Waals surface area contributed by atoms with Crippen molar-refractivity contribution in [2.75, 3.05) is 12.4 Å². The van der Waals surface area contributed by atoms with E-state index < -0.39 is 23.3 Å². The van der Waals surface area contributed by atoms with Gasteiger partial charge in [0.2, 0.25) is 0 Å². The lowest BCUT2D eigenvalue weighted by Gasteiger charge is -2.01. The predicted molar refractivity (Wildman–Crippen MR) is 95.1 cm³/mol. The standard InChI is InChI=1S/C16H13N5O4S/c1-25-9-4-2-8(3-5-9)13-12(7-17)26-16(20-13)21-14(22)10(18)6-11(19)15(23)24/h2-6,18H,19H2,1H3,(H,23,24)(H,20,21,22)/b11-6-,18-10?. The third-order valence-corrected chi connectivity index (χ3v) is 3.98. The average Bonchev–Trinajstić information content (AvgIpc) is 3.04. The molecule has 1 aromatic heterocycles. The van der Waals surface area contributed by atoms with Crippen LogP contribution >= 0.6 is 11.3 Å². The van der Waals surface area contributed by atoms with E-state index in [0.29, 0.717) is 17.0 Å². The van der Waals surface area contributed by atoms with Crippen LogP contribution in [0.2, 0.25) is 0 Å². The van der Waals surface area contributed by atoms with Crippen LogP contribution in [0.4, 0.5) is 5.13 Å². The van der Waals surface area contributed by atoms with Crippen LogP contribution < -0.4 is 15.8 Å². The van der Waals surface area contributed by atoms with Crippen molar-refractivity contribution in [3.05, 3.63) is 40.9 Å². The number of ether oxygens (including phenoxy) is 1. The van der Waals surface area contributed by atoms with Gasteiger partial charge in [0.25, 0.3) is 5.91 Å². The number of nitriles is 1. The van der Waals surface area contributed by atoms with Crippen molar-refractivity contribution in [2.45, 2.75) is 0 Å². The molecule has 2 rings (SSSR count). The Kier molecular flexibility index (Phi) is 5.67. The number of aromatic nitrogens is 1. The van der Waals surface area contributed by atoms with Crippen LogP contribution in [0.25, 0.3) is 11.3 Å². The summed E-state index contributed by atoms with van der Waals surface area (Å²) < 4.78 is 5.07. The van der Waals surface area contributed by atoms with E-state index in [1.165, 1.54) is 7.11 Å². The smallest absolute Gasteiger partial charge is 0.351 e. The van der Waals surface area contributed by atoms with Gasteiger partial charge in [-0.15, -0.1) is 0 Å². The first-order valence-electron chi connectivity index (χ1n) is 7.01. The normalized spacial score (nSPS) is 10.7. The van der Waals surface area contributed by atoms with E-state index in [1.54, 1.807) is 24.3 Å². The highest BCUT2D eigenvalue weighted by Crippen LogP contribution is 2.31. The number of nitrogens with two attached hydrogens (primary N) is 1. The quantitative estimate of drug-likeness (QED) is 0.442. The molecule has 0 spiro atoms. The lowest BCUT2D eigenvalue weighted by Crippen LogP contribution is -2.22. The van der Waals surface area contributed by atoms with Crippen molar-refractivity contribution in [2.24, 2.45) is 5.73 Å². The Hall–Kier alpha value is -3.71. The fraction of sp³-hybridized carbons (Fsp3) is 0.0625. The third-order valence-electron chi connectivity index (χ3n) is 3.10. The van der Waals surface area contributed by atoms with Gasteiger partial charge in [0, 0.05) is 5.56 Å². The van der Waals surface area contributed by atoms with Gasteiger partial charge in [-0.25, -0.2) is 9.78 Å². The van der Waals surface area contributed by atoms with Gasteiger partial charge in [0.15, 0.2) is 5.13 Å². The minimum Gasteiger partial charge on any atom is -0.497 e. The summed E-state index contributed by atoms with van der Waals surface area (Å²) in [7, 11) is 1.53. The molecule has 0 saturated carbocycles. The van der Waals surface area contributed by atoms with Crippen molar-refractivity contribution >= 4 is 34.1 Å². The Bertz CT molecular complexity index is 941. The third kappa shape index (κ3) is 4.22. The van der Waals surface area contributed by atoms with E-state index in [-0.39, 0.29) is 10.0 Å². The number of carbonyl (C=O) groups is 2. The van der Waals surface area contributed by atoms with E-state index >= 15 is 0 Å². The van der Waals surface area contributed by atoms with Gasteiger partial charge in [0.1, 0.15) is 33.8 Å². The summed E-state index contributed by atoms with van der Waals surface area (Å²) in [6.07, 6.45) is 0.723. The molecule has 0 saturated heterocycles. The van der Waals surface area contributed by atoms with Crippen LogP contribution in [-0.2, 0) is 9.59 Å². The van der Waals surface area contributed by atoms with Crippen molar-refractivity contribution in [3.63, 3.8) is 0 Å². The molecule has 0 radical (unpaired) electrons.